The van der Waals surface area contributed by atoms with Crippen LogP contribution in [0.3, 0.4) is 0 Å². The van der Waals surface area contributed by atoms with Gasteiger partial charge in [-0.15, -0.1) is 0 Å². The molecule has 2 aliphatic rings. The molecule has 7 nitrogen and oxygen atoms in total. The fraction of sp³-hybridized carbons (Fsp3) is 0.684. The van der Waals surface area contributed by atoms with Crippen LogP contribution in [0.4, 0.5) is 0 Å². The lowest BCUT2D eigenvalue weighted by Gasteiger charge is -2.28. The number of halogens is 1. The maximum atomic E-state index is 12.5. The van der Waals surface area contributed by atoms with E-state index in [0.717, 1.165) is 31.6 Å². The zero-order valence-electron chi connectivity index (χ0n) is 16.7. The fourth-order valence-corrected chi connectivity index (χ4v) is 6.27. The molecule has 3 heterocycles. The van der Waals surface area contributed by atoms with Crippen LogP contribution in [0.2, 0.25) is 5.15 Å². The number of hydrogen-bond donors (Lipinski definition) is 1. The lowest BCUT2D eigenvalue weighted by atomic mass is 10.1. The van der Waals surface area contributed by atoms with Crippen molar-refractivity contribution in [1.82, 2.24) is 20.0 Å². The van der Waals surface area contributed by atoms with Gasteiger partial charge in [0.1, 0.15) is 5.15 Å². The molecule has 0 aromatic carbocycles. The van der Waals surface area contributed by atoms with Crippen molar-refractivity contribution in [3.8, 4) is 0 Å². The number of sulfone groups is 1. The number of carbonyl (C=O) groups is 1. The first-order valence-corrected chi connectivity index (χ1v) is 12.0. The quantitative estimate of drug-likeness (QED) is 0.699. The molecule has 2 aliphatic heterocycles. The van der Waals surface area contributed by atoms with Gasteiger partial charge in [-0.2, -0.15) is 5.10 Å². The summed E-state index contributed by atoms with van der Waals surface area (Å²) in [6, 6.07) is -0.510. The molecular weight excluding hydrogens is 400 g/mol. The van der Waals surface area contributed by atoms with E-state index in [9.17, 15) is 13.2 Å². The molecule has 0 saturated carbocycles. The first-order valence-electron chi connectivity index (χ1n) is 9.82. The minimum atomic E-state index is -3.13. The number of aromatic nitrogens is 2. The lowest BCUT2D eigenvalue weighted by molar-refractivity contribution is -0.117. The van der Waals surface area contributed by atoms with E-state index in [0.29, 0.717) is 23.2 Å². The molecule has 0 radical (unpaired) electrons. The molecule has 2 unspecified atom stereocenters. The van der Waals surface area contributed by atoms with Crippen molar-refractivity contribution in [2.75, 3.05) is 24.6 Å². The third-order valence-corrected chi connectivity index (χ3v) is 7.42. The molecule has 156 valence electrons. The summed E-state index contributed by atoms with van der Waals surface area (Å²) in [5, 5.41) is 7.83. The minimum Gasteiger partial charge on any atom is -0.347 e. The number of hydrogen-bond acceptors (Lipinski definition) is 5. The Balaban J connectivity index is 1.68. The molecule has 2 fully saturated rings. The highest BCUT2D eigenvalue weighted by Crippen LogP contribution is 2.24. The van der Waals surface area contributed by atoms with Crippen molar-refractivity contribution in [2.45, 2.75) is 52.2 Å². The van der Waals surface area contributed by atoms with Crippen molar-refractivity contribution >= 4 is 33.4 Å². The predicted molar refractivity (Wildman–Crippen MR) is 111 cm³/mol. The SMILES string of the molecule is Cc1nn(CC(C)C)c(Cl)c1/C=C/C(=O)NC1CS(=O)(=O)CC1N1CCCC1. The molecule has 0 spiro atoms. The second kappa shape index (κ2) is 8.55. The molecular formula is C19H29ClN4O3S. The van der Waals surface area contributed by atoms with E-state index in [-0.39, 0.29) is 29.5 Å². The van der Waals surface area contributed by atoms with Crippen LogP contribution >= 0.6 is 11.6 Å². The topological polar surface area (TPSA) is 84.3 Å². The summed E-state index contributed by atoms with van der Waals surface area (Å²) in [5.41, 5.74) is 1.47. The van der Waals surface area contributed by atoms with Gasteiger partial charge in [0.15, 0.2) is 9.84 Å². The van der Waals surface area contributed by atoms with Crippen LogP contribution in [0.1, 0.15) is 37.9 Å². The number of amides is 1. The summed E-state index contributed by atoms with van der Waals surface area (Å²) in [6.07, 6.45) is 5.23. The third-order valence-electron chi connectivity index (χ3n) is 5.31. The second-order valence-corrected chi connectivity index (χ2v) is 10.7. The zero-order valence-corrected chi connectivity index (χ0v) is 18.3. The molecule has 0 aliphatic carbocycles. The maximum Gasteiger partial charge on any atom is 0.244 e. The van der Waals surface area contributed by atoms with Gasteiger partial charge in [0.2, 0.25) is 5.91 Å². The Kier molecular flexibility index (Phi) is 6.51. The van der Waals surface area contributed by atoms with Crippen molar-refractivity contribution in [3.63, 3.8) is 0 Å². The first-order chi connectivity index (χ1) is 13.2. The molecule has 3 rings (SSSR count). The summed E-state index contributed by atoms with van der Waals surface area (Å²) in [4.78, 5) is 14.7. The van der Waals surface area contributed by atoms with Gasteiger partial charge < -0.3 is 5.32 Å². The molecule has 28 heavy (non-hydrogen) atoms. The molecule has 1 amide bonds. The van der Waals surface area contributed by atoms with Crippen LogP contribution in [0, 0.1) is 12.8 Å². The summed E-state index contributed by atoms with van der Waals surface area (Å²) < 4.78 is 26.0. The Morgan fingerprint density at radius 3 is 2.64 bits per heavy atom. The Bertz CT molecular complexity index is 857. The van der Waals surface area contributed by atoms with Gasteiger partial charge in [0.05, 0.1) is 23.2 Å². The van der Waals surface area contributed by atoms with E-state index in [1.54, 1.807) is 10.8 Å². The van der Waals surface area contributed by atoms with Gasteiger partial charge in [-0.05, 0) is 44.8 Å². The average molecular weight is 429 g/mol. The van der Waals surface area contributed by atoms with Gasteiger partial charge in [0, 0.05) is 24.2 Å². The van der Waals surface area contributed by atoms with Crippen LogP contribution < -0.4 is 5.32 Å². The number of nitrogens with zero attached hydrogens (tertiary/aromatic N) is 3. The monoisotopic (exact) mass is 428 g/mol. The predicted octanol–water partition coefficient (Wildman–Crippen LogP) is 1.89. The standard InChI is InChI=1S/C19H29ClN4O3S/c1-13(2)10-24-19(20)15(14(3)22-24)6-7-18(25)21-16-11-28(26,27)12-17(16)23-8-4-5-9-23/h6-7,13,16-17H,4-5,8-12H2,1-3H3,(H,21,25)/b7-6+. The lowest BCUT2D eigenvalue weighted by Crippen LogP contribution is -2.49. The maximum absolute atomic E-state index is 12.5. The number of aryl methyl sites for hydroxylation is 1. The van der Waals surface area contributed by atoms with E-state index in [1.807, 2.05) is 6.92 Å². The van der Waals surface area contributed by atoms with Crippen LogP contribution in [-0.2, 0) is 21.2 Å². The Morgan fingerprint density at radius 1 is 1.32 bits per heavy atom. The van der Waals surface area contributed by atoms with Crippen molar-refractivity contribution < 1.29 is 13.2 Å². The Labute approximate surface area is 172 Å². The average Bonchev–Trinajstić information content (AvgIpc) is 3.26. The van der Waals surface area contributed by atoms with E-state index < -0.39 is 9.84 Å². The molecule has 2 atom stereocenters. The van der Waals surface area contributed by atoms with Gasteiger partial charge in [0.25, 0.3) is 0 Å². The number of rotatable bonds is 6. The van der Waals surface area contributed by atoms with Crippen molar-refractivity contribution in [2.24, 2.45) is 5.92 Å². The first kappa shape index (κ1) is 21.3. The number of nitrogens with one attached hydrogen (secondary N) is 1. The third kappa shape index (κ3) is 4.96. The van der Waals surface area contributed by atoms with E-state index in [1.165, 1.54) is 6.08 Å². The minimum absolute atomic E-state index is 0.000147. The molecule has 0 bridgehead atoms. The van der Waals surface area contributed by atoms with Crippen LogP contribution in [-0.4, -0.2) is 65.7 Å². The molecule has 1 aromatic rings. The Hall–Kier alpha value is -1.38. The van der Waals surface area contributed by atoms with Crippen molar-refractivity contribution in [3.05, 3.63) is 22.5 Å². The second-order valence-electron chi connectivity index (χ2n) is 8.20. The van der Waals surface area contributed by atoms with Crippen LogP contribution in [0.5, 0.6) is 0 Å². The highest BCUT2D eigenvalue weighted by molar-refractivity contribution is 7.91. The molecule has 1 N–H and O–H groups in total. The molecule has 9 heteroatoms. The van der Waals surface area contributed by atoms with Crippen LogP contribution in [0.15, 0.2) is 6.08 Å². The van der Waals surface area contributed by atoms with Gasteiger partial charge in [-0.25, -0.2) is 8.42 Å². The molecule has 1 aromatic heterocycles. The van der Waals surface area contributed by atoms with E-state index in [4.69, 9.17) is 11.6 Å². The number of likely N-dealkylation sites (tertiary alicyclic amines) is 1. The fourth-order valence-electron chi connectivity index (χ4n) is 4.01. The number of carbonyl (C=O) groups excluding carboxylic acids is 1. The van der Waals surface area contributed by atoms with E-state index >= 15 is 0 Å². The largest absolute Gasteiger partial charge is 0.347 e. The van der Waals surface area contributed by atoms with Crippen molar-refractivity contribution in [1.29, 1.82) is 0 Å². The normalized spacial score (nSPS) is 25.2. The van der Waals surface area contributed by atoms with Gasteiger partial charge in [-0.3, -0.25) is 14.4 Å². The highest BCUT2D eigenvalue weighted by atomic mass is 35.5. The molecule has 2 saturated heterocycles. The van der Waals surface area contributed by atoms with Gasteiger partial charge in [-0.1, -0.05) is 25.4 Å². The van der Waals surface area contributed by atoms with Gasteiger partial charge >= 0.3 is 0 Å². The van der Waals surface area contributed by atoms with Crippen LogP contribution in [0.25, 0.3) is 6.08 Å². The Morgan fingerprint density at radius 2 is 2.00 bits per heavy atom. The highest BCUT2D eigenvalue weighted by Gasteiger charge is 2.42. The summed E-state index contributed by atoms with van der Waals surface area (Å²) in [5.74, 6) is 0.219. The summed E-state index contributed by atoms with van der Waals surface area (Å²) in [6.45, 7) is 8.52. The van der Waals surface area contributed by atoms with E-state index in [2.05, 4.69) is 29.2 Å². The summed E-state index contributed by atoms with van der Waals surface area (Å²) >= 11 is 6.41. The zero-order chi connectivity index (χ0) is 20.5. The summed E-state index contributed by atoms with van der Waals surface area (Å²) in [7, 11) is -3.13. The smallest absolute Gasteiger partial charge is 0.244 e.